The summed E-state index contributed by atoms with van der Waals surface area (Å²) < 4.78 is 0. The Morgan fingerprint density at radius 3 is 2.65 bits per heavy atom. The van der Waals surface area contributed by atoms with Crippen LogP contribution >= 0.6 is 11.8 Å². The van der Waals surface area contributed by atoms with Crippen LogP contribution in [0.4, 0.5) is 5.69 Å². The van der Waals surface area contributed by atoms with Crippen molar-refractivity contribution >= 4 is 40.3 Å². The molecule has 0 aliphatic carbocycles. The van der Waals surface area contributed by atoms with Gasteiger partial charge in [-0.2, -0.15) is 4.99 Å². The Morgan fingerprint density at radius 1 is 1.12 bits per heavy atom. The molecule has 4 rings (SSSR count). The van der Waals surface area contributed by atoms with E-state index in [2.05, 4.69) is 15.2 Å². The van der Waals surface area contributed by atoms with Crippen molar-refractivity contribution in [1.29, 1.82) is 0 Å². The molecule has 0 aromatic heterocycles. The third-order valence-corrected chi connectivity index (χ3v) is 7.35. The first kappa shape index (κ1) is 24.0. The average Bonchev–Trinajstić information content (AvgIpc) is 3.20. The molecule has 0 spiro atoms. The van der Waals surface area contributed by atoms with E-state index in [0.717, 1.165) is 42.2 Å². The summed E-state index contributed by atoms with van der Waals surface area (Å²) in [5, 5.41) is 3.08. The van der Waals surface area contributed by atoms with Gasteiger partial charge >= 0.3 is 0 Å². The van der Waals surface area contributed by atoms with Crippen molar-refractivity contribution in [3.63, 3.8) is 0 Å². The van der Waals surface area contributed by atoms with Crippen molar-refractivity contribution in [3.05, 3.63) is 65.2 Å². The summed E-state index contributed by atoms with van der Waals surface area (Å²) in [5.41, 5.74) is 3.26. The molecule has 34 heavy (non-hydrogen) atoms. The Hall–Kier alpha value is -3.13. The molecule has 8 heteroatoms. The first-order valence-electron chi connectivity index (χ1n) is 11.6. The van der Waals surface area contributed by atoms with Crippen LogP contribution in [-0.2, 0) is 16.1 Å². The molecular weight excluding hydrogens is 448 g/mol. The van der Waals surface area contributed by atoms with E-state index in [4.69, 9.17) is 0 Å². The van der Waals surface area contributed by atoms with Crippen molar-refractivity contribution < 1.29 is 14.4 Å². The summed E-state index contributed by atoms with van der Waals surface area (Å²) >= 11 is 1.38. The number of aliphatic imine (C=N–C) groups is 1. The lowest BCUT2D eigenvalue weighted by molar-refractivity contribution is -0.121. The largest absolute Gasteiger partial charge is 0.351 e. The number of nitrogens with one attached hydrogen (secondary N) is 1. The molecule has 2 heterocycles. The molecule has 2 aliphatic heterocycles. The highest BCUT2D eigenvalue weighted by atomic mass is 32.2. The number of thioether (sulfide) groups is 1. The fourth-order valence-corrected chi connectivity index (χ4v) is 5.29. The van der Waals surface area contributed by atoms with Gasteiger partial charge in [0.05, 0.1) is 0 Å². The maximum atomic E-state index is 13.0. The van der Waals surface area contributed by atoms with E-state index >= 15 is 0 Å². The number of hydrogen-bond donors (Lipinski definition) is 1. The van der Waals surface area contributed by atoms with E-state index in [-0.39, 0.29) is 24.1 Å². The maximum Gasteiger partial charge on any atom is 0.262 e. The molecular formula is C26H30N4O3S. The fraction of sp³-hybridized carbons (Fsp3) is 0.385. The van der Waals surface area contributed by atoms with Crippen LogP contribution in [0.15, 0.2) is 53.5 Å². The lowest BCUT2D eigenvalue weighted by atomic mass is 10.1. The molecule has 0 unspecified atom stereocenters. The summed E-state index contributed by atoms with van der Waals surface area (Å²) in [5.74, 6) is -0.637. The van der Waals surface area contributed by atoms with Crippen molar-refractivity contribution in [2.45, 2.75) is 44.4 Å². The zero-order valence-corrected chi connectivity index (χ0v) is 20.4. The van der Waals surface area contributed by atoms with E-state index in [9.17, 15) is 14.4 Å². The quantitative estimate of drug-likeness (QED) is 0.677. The van der Waals surface area contributed by atoms with Crippen LogP contribution in [0.1, 0.15) is 47.2 Å². The molecule has 1 saturated heterocycles. The highest BCUT2D eigenvalue weighted by Gasteiger charge is 2.33. The van der Waals surface area contributed by atoms with Crippen molar-refractivity contribution in [2.24, 2.45) is 4.99 Å². The second-order valence-electron chi connectivity index (χ2n) is 8.81. The molecule has 0 saturated carbocycles. The first-order chi connectivity index (χ1) is 16.4. The van der Waals surface area contributed by atoms with Crippen LogP contribution in [0, 0.1) is 6.92 Å². The van der Waals surface area contributed by atoms with E-state index < -0.39 is 5.25 Å². The molecule has 1 fully saturated rings. The minimum atomic E-state index is -0.498. The van der Waals surface area contributed by atoms with Crippen molar-refractivity contribution in [3.8, 4) is 0 Å². The summed E-state index contributed by atoms with van der Waals surface area (Å²) in [6.07, 6.45) is 3.47. The van der Waals surface area contributed by atoms with Gasteiger partial charge in [-0.1, -0.05) is 42.1 Å². The van der Waals surface area contributed by atoms with Gasteiger partial charge in [0.15, 0.2) is 5.17 Å². The standard InChI is InChI=1S/C26H30N4O3S/c1-18-9-4-5-10-20(18)17-29(2)25(33)19-11-8-12-21(15-19)27-23(31)16-22-24(32)28-26(34-22)30-13-6-3-7-14-30/h4-5,8-12,15,22H,3,6-7,13-14,16-17H2,1-2H3,(H,27,31)/t22-/m0/s1. The summed E-state index contributed by atoms with van der Waals surface area (Å²) in [7, 11) is 1.77. The number of hydrogen-bond acceptors (Lipinski definition) is 5. The summed E-state index contributed by atoms with van der Waals surface area (Å²) in [6.45, 7) is 4.36. The molecule has 1 N–H and O–H groups in total. The number of rotatable bonds is 6. The molecule has 1 atom stereocenters. The van der Waals surface area contributed by atoms with Crippen LogP contribution in [0.25, 0.3) is 0 Å². The number of carbonyl (C=O) groups excluding carboxylic acids is 3. The molecule has 178 valence electrons. The maximum absolute atomic E-state index is 13.0. The second kappa shape index (κ2) is 10.9. The van der Waals surface area contributed by atoms with Gasteiger partial charge in [0, 0.05) is 44.4 Å². The molecule has 0 bridgehead atoms. The number of anilines is 1. The molecule has 3 amide bonds. The summed E-state index contributed by atoms with van der Waals surface area (Å²) in [6, 6.07) is 14.9. The number of benzene rings is 2. The van der Waals surface area contributed by atoms with Crippen LogP contribution < -0.4 is 5.32 Å². The smallest absolute Gasteiger partial charge is 0.262 e. The number of amides is 3. The number of amidine groups is 1. The van der Waals surface area contributed by atoms with Gasteiger partial charge in [-0.25, -0.2) is 0 Å². The highest BCUT2D eigenvalue weighted by molar-refractivity contribution is 8.15. The van der Waals surface area contributed by atoms with Gasteiger partial charge in [0.1, 0.15) is 5.25 Å². The van der Waals surface area contributed by atoms with Crippen LogP contribution in [0.5, 0.6) is 0 Å². The van der Waals surface area contributed by atoms with Gasteiger partial charge in [-0.3, -0.25) is 14.4 Å². The second-order valence-corrected chi connectivity index (χ2v) is 9.98. The van der Waals surface area contributed by atoms with Gasteiger partial charge in [0.25, 0.3) is 11.8 Å². The Bertz CT molecular complexity index is 1110. The van der Waals surface area contributed by atoms with Gasteiger partial charge in [-0.15, -0.1) is 0 Å². The van der Waals surface area contributed by atoms with E-state index in [0.29, 0.717) is 17.8 Å². The molecule has 2 aromatic carbocycles. The van der Waals surface area contributed by atoms with E-state index in [1.54, 1.807) is 36.2 Å². The topological polar surface area (TPSA) is 82.1 Å². The first-order valence-corrected chi connectivity index (χ1v) is 12.5. The van der Waals surface area contributed by atoms with Gasteiger partial charge in [0.2, 0.25) is 5.91 Å². The average molecular weight is 479 g/mol. The third kappa shape index (κ3) is 5.86. The van der Waals surface area contributed by atoms with Crippen LogP contribution in [0.3, 0.4) is 0 Å². The zero-order valence-electron chi connectivity index (χ0n) is 19.6. The SMILES string of the molecule is Cc1ccccc1CN(C)C(=O)c1cccc(NC(=O)C[C@@H]2SC(N3CCCCC3)=NC2=O)c1. The van der Waals surface area contributed by atoms with Crippen LogP contribution in [0.2, 0.25) is 0 Å². The van der Waals surface area contributed by atoms with Gasteiger partial charge < -0.3 is 15.1 Å². The Kier molecular flexibility index (Phi) is 7.67. The van der Waals surface area contributed by atoms with Crippen molar-refractivity contribution in [1.82, 2.24) is 9.80 Å². The monoisotopic (exact) mass is 478 g/mol. The Labute approximate surface area is 204 Å². The molecule has 2 aliphatic rings. The molecule has 0 radical (unpaired) electrons. The predicted octanol–water partition coefficient (Wildman–Crippen LogP) is 4.08. The third-order valence-electron chi connectivity index (χ3n) is 6.14. The van der Waals surface area contributed by atoms with E-state index in [1.807, 2.05) is 31.2 Å². The Balaban J connectivity index is 1.33. The van der Waals surface area contributed by atoms with Crippen LogP contribution in [-0.4, -0.2) is 58.1 Å². The number of nitrogens with zero attached hydrogens (tertiary/aromatic N) is 3. The number of aryl methyl sites for hydroxylation is 1. The lowest BCUT2D eigenvalue weighted by Gasteiger charge is -2.27. The zero-order chi connectivity index (χ0) is 24.1. The molecule has 7 nitrogen and oxygen atoms in total. The predicted molar refractivity (Wildman–Crippen MR) is 136 cm³/mol. The number of likely N-dealkylation sites (tertiary alicyclic amines) is 1. The summed E-state index contributed by atoms with van der Waals surface area (Å²) in [4.78, 5) is 45.9. The number of carbonyl (C=O) groups is 3. The van der Waals surface area contributed by atoms with Crippen molar-refractivity contribution in [2.75, 3.05) is 25.5 Å². The minimum absolute atomic E-state index is 0.0513. The highest BCUT2D eigenvalue weighted by Crippen LogP contribution is 2.29. The van der Waals surface area contributed by atoms with E-state index in [1.165, 1.54) is 18.2 Å². The normalized spacial score (nSPS) is 17.9. The number of piperidine rings is 1. The fourth-order valence-electron chi connectivity index (χ4n) is 4.18. The minimum Gasteiger partial charge on any atom is -0.351 e. The lowest BCUT2D eigenvalue weighted by Crippen LogP contribution is -2.33. The molecule has 2 aromatic rings. The van der Waals surface area contributed by atoms with Gasteiger partial charge in [-0.05, 0) is 55.5 Å². The Morgan fingerprint density at radius 2 is 1.88 bits per heavy atom.